The zero-order valence-electron chi connectivity index (χ0n) is 11.9. The maximum atomic E-state index is 12.4. The SMILES string of the molecule is Cc1cccc(C)c1C(=O)NC(CN)C1CCCC1. The molecule has 104 valence electrons. The van der Waals surface area contributed by atoms with Gasteiger partial charge in [-0.1, -0.05) is 31.0 Å². The molecule has 1 aromatic rings. The van der Waals surface area contributed by atoms with E-state index in [0.717, 1.165) is 16.7 Å². The third-order valence-electron chi connectivity index (χ3n) is 4.25. The van der Waals surface area contributed by atoms with Crippen LogP contribution in [0.1, 0.15) is 47.2 Å². The van der Waals surface area contributed by atoms with Gasteiger partial charge in [0, 0.05) is 18.2 Å². The molecule has 0 bridgehead atoms. The molecule has 19 heavy (non-hydrogen) atoms. The highest BCUT2D eigenvalue weighted by Crippen LogP contribution is 2.27. The molecule has 1 aromatic carbocycles. The molecular formula is C16H24N2O. The molecule has 1 aliphatic rings. The molecule has 0 heterocycles. The fraction of sp³-hybridized carbons (Fsp3) is 0.562. The minimum absolute atomic E-state index is 0.0259. The van der Waals surface area contributed by atoms with Crippen LogP contribution in [0.15, 0.2) is 18.2 Å². The number of carbonyl (C=O) groups is 1. The Morgan fingerprint density at radius 1 is 1.32 bits per heavy atom. The molecule has 3 N–H and O–H groups in total. The van der Waals surface area contributed by atoms with Gasteiger partial charge in [-0.2, -0.15) is 0 Å². The van der Waals surface area contributed by atoms with Crippen molar-refractivity contribution >= 4 is 5.91 Å². The molecule has 1 atom stereocenters. The van der Waals surface area contributed by atoms with Crippen molar-refractivity contribution in [1.82, 2.24) is 5.32 Å². The first kappa shape index (κ1) is 14.1. The van der Waals surface area contributed by atoms with E-state index in [0.29, 0.717) is 12.5 Å². The number of rotatable bonds is 4. The summed E-state index contributed by atoms with van der Waals surface area (Å²) in [5.74, 6) is 0.580. The molecule has 0 aliphatic heterocycles. The minimum atomic E-state index is 0.0259. The van der Waals surface area contributed by atoms with Crippen LogP contribution in [-0.4, -0.2) is 18.5 Å². The molecule has 2 rings (SSSR count). The summed E-state index contributed by atoms with van der Waals surface area (Å²) < 4.78 is 0. The van der Waals surface area contributed by atoms with Crippen LogP contribution in [0.3, 0.4) is 0 Å². The summed E-state index contributed by atoms with van der Waals surface area (Å²) in [4.78, 5) is 12.4. The molecule has 1 unspecified atom stereocenters. The normalized spacial score (nSPS) is 17.4. The predicted molar refractivity (Wildman–Crippen MR) is 78.2 cm³/mol. The van der Waals surface area contributed by atoms with E-state index in [4.69, 9.17) is 5.73 Å². The minimum Gasteiger partial charge on any atom is -0.348 e. The molecule has 0 aromatic heterocycles. The van der Waals surface area contributed by atoms with Gasteiger partial charge in [-0.3, -0.25) is 4.79 Å². The number of aryl methyl sites for hydroxylation is 2. The number of hydrogen-bond acceptors (Lipinski definition) is 2. The maximum absolute atomic E-state index is 12.4. The second kappa shape index (κ2) is 6.20. The highest BCUT2D eigenvalue weighted by atomic mass is 16.1. The van der Waals surface area contributed by atoms with Gasteiger partial charge >= 0.3 is 0 Å². The van der Waals surface area contributed by atoms with Gasteiger partial charge in [0.25, 0.3) is 5.91 Å². The van der Waals surface area contributed by atoms with Crippen molar-refractivity contribution in [2.24, 2.45) is 11.7 Å². The summed E-state index contributed by atoms with van der Waals surface area (Å²) in [6.07, 6.45) is 4.91. The lowest BCUT2D eigenvalue weighted by atomic mass is 9.96. The van der Waals surface area contributed by atoms with Crippen molar-refractivity contribution in [2.75, 3.05) is 6.54 Å². The van der Waals surface area contributed by atoms with E-state index >= 15 is 0 Å². The summed E-state index contributed by atoms with van der Waals surface area (Å²) in [6, 6.07) is 6.07. The van der Waals surface area contributed by atoms with Crippen LogP contribution in [0.25, 0.3) is 0 Å². The Labute approximate surface area is 115 Å². The molecule has 1 fully saturated rings. The molecular weight excluding hydrogens is 236 g/mol. The largest absolute Gasteiger partial charge is 0.348 e. The Balaban J connectivity index is 2.11. The lowest BCUT2D eigenvalue weighted by Gasteiger charge is -2.24. The Hall–Kier alpha value is -1.35. The lowest BCUT2D eigenvalue weighted by Crippen LogP contribution is -2.45. The first-order valence-corrected chi connectivity index (χ1v) is 7.20. The topological polar surface area (TPSA) is 55.1 Å². The van der Waals surface area contributed by atoms with Gasteiger partial charge in [0.1, 0.15) is 0 Å². The fourth-order valence-electron chi connectivity index (χ4n) is 3.14. The Morgan fingerprint density at radius 2 is 1.89 bits per heavy atom. The zero-order valence-corrected chi connectivity index (χ0v) is 11.9. The van der Waals surface area contributed by atoms with Crippen LogP contribution in [0, 0.1) is 19.8 Å². The zero-order chi connectivity index (χ0) is 13.8. The van der Waals surface area contributed by atoms with E-state index in [1.165, 1.54) is 25.7 Å². The second-order valence-corrected chi connectivity index (χ2v) is 5.63. The predicted octanol–water partition coefficient (Wildman–Crippen LogP) is 2.55. The average Bonchev–Trinajstić information content (AvgIpc) is 2.89. The summed E-state index contributed by atoms with van der Waals surface area (Å²) in [6.45, 7) is 4.49. The molecule has 0 saturated heterocycles. The molecule has 0 spiro atoms. The molecule has 1 saturated carbocycles. The number of hydrogen-bond donors (Lipinski definition) is 2. The van der Waals surface area contributed by atoms with Crippen LogP contribution < -0.4 is 11.1 Å². The molecule has 1 amide bonds. The second-order valence-electron chi connectivity index (χ2n) is 5.63. The Bertz CT molecular complexity index is 430. The number of benzene rings is 1. The number of amides is 1. The molecule has 0 radical (unpaired) electrons. The number of carbonyl (C=O) groups excluding carboxylic acids is 1. The third kappa shape index (κ3) is 3.16. The van der Waals surface area contributed by atoms with Crippen molar-refractivity contribution in [3.63, 3.8) is 0 Å². The van der Waals surface area contributed by atoms with E-state index in [1.54, 1.807) is 0 Å². The Kier molecular flexibility index (Phi) is 4.59. The molecule has 3 heteroatoms. The van der Waals surface area contributed by atoms with Crippen molar-refractivity contribution in [2.45, 2.75) is 45.6 Å². The van der Waals surface area contributed by atoms with Crippen LogP contribution in [-0.2, 0) is 0 Å². The number of nitrogens with two attached hydrogens (primary N) is 1. The molecule has 1 aliphatic carbocycles. The maximum Gasteiger partial charge on any atom is 0.252 e. The summed E-state index contributed by atoms with van der Waals surface area (Å²) in [7, 11) is 0. The summed E-state index contributed by atoms with van der Waals surface area (Å²) in [5, 5.41) is 3.14. The van der Waals surface area contributed by atoms with Crippen molar-refractivity contribution < 1.29 is 4.79 Å². The van der Waals surface area contributed by atoms with Crippen molar-refractivity contribution in [1.29, 1.82) is 0 Å². The highest BCUT2D eigenvalue weighted by Gasteiger charge is 2.26. The van der Waals surface area contributed by atoms with E-state index in [9.17, 15) is 4.79 Å². The van der Waals surface area contributed by atoms with Gasteiger partial charge in [-0.25, -0.2) is 0 Å². The average molecular weight is 260 g/mol. The van der Waals surface area contributed by atoms with Gasteiger partial charge in [0.2, 0.25) is 0 Å². The highest BCUT2D eigenvalue weighted by molar-refractivity contribution is 5.97. The van der Waals surface area contributed by atoms with Crippen LogP contribution in [0.2, 0.25) is 0 Å². The van der Waals surface area contributed by atoms with E-state index in [-0.39, 0.29) is 11.9 Å². The summed E-state index contributed by atoms with van der Waals surface area (Å²) >= 11 is 0. The third-order valence-corrected chi connectivity index (χ3v) is 4.25. The van der Waals surface area contributed by atoms with E-state index in [2.05, 4.69) is 5.32 Å². The van der Waals surface area contributed by atoms with Gasteiger partial charge < -0.3 is 11.1 Å². The lowest BCUT2D eigenvalue weighted by molar-refractivity contribution is 0.0923. The van der Waals surface area contributed by atoms with Gasteiger partial charge in [-0.15, -0.1) is 0 Å². The van der Waals surface area contributed by atoms with Gasteiger partial charge in [0.05, 0.1) is 0 Å². The van der Waals surface area contributed by atoms with Crippen molar-refractivity contribution in [3.8, 4) is 0 Å². The van der Waals surface area contributed by atoms with Gasteiger partial charge in [0.15, 0.2) is 0 Å². The fourth-order valence-corrected chi connectivity index (χ4v) is 3.14. The van der Waals surface area contributed by atoms with Crippen LogP contribution in [0.5, 0.6) is 0 Å². The van der Waals surface area contributed by atoms with E-state index < -0.39 is 0 Å². The standard InChI is InChI=1S/C16H24N2O/c1-11-6-5-7-12(2)15(11)16(19)18-14(10-17)13-8-3-4-9-13/h5-7,13-14H,3-4,8-10,17H2,1-2H3,(H,18,19). The number of nitrogens with one attached hydrogen (secondary N) is 1. The molecule has 3 nitrogen and oxygen atoms in total. The smallest absolute Gasteiger partial charge is 0.252 e. The first-order valence-electron chi connectivity index (χ1n) is 7.20. The quantitative estimate of drug-likeness (QED) is 0.874. The van der Waals surface area contributed by atoms with Crippen molar-refractivity contribution in [3.05, 3.63) is 34.9 Å². The first-order chi connectivity index (χ1) is 9.13. The van der Waals surface area contributed by atoms with Crippen LogP contribution in [0.4, 0.5) is 0 Å². The van der Waals surface area contributed by atoms with Crippen LogP contribution >= 0.6 is 0 Å². The Morgan fingerprint density at radius 3 is 2.42 bits per heavy atom. The summed E-state index contributed by atoms with van der Waals surface area (Å²) in [5.41, 5.74) is 8.70. The van der Waals surface area contributed by atoms with E-state index in [1.807, 2.05) is 32.0 Å². The van der Waals surface area contributed by atoms with Gasteiger partial charge in [-0.05, 0) is 43.7 Å². The monoisotopic (exact) mass is 260 g/mol.